The highest BCUT2D eigenvalue weighted by molar-refractivity contribution is 5.94. The number of carboxylic acids is 1. The summed E-state index contributed by atoms with van der Waals surface area (Å²) in [6, 6.07) is 0. The fourth-order valence-corrected chi connectivity index (χ4v) is 2.31. The van der Waals surface area contributed by atoms with E-state index < -0.39 is 5.97 Å². The Morgan fingerprint density at radius 1 is 1.30 bits per heavy atom. The van der Waals surface area contributed by atoms with Gasteiger partial charge in [0.15, 0.2) is 5.82 Å². The van der Waals surface area contributed by atoms with E-state index in [1.165, 1.54) is 0 Å². The van der Waals surface area contributed by atoms with Crippen molar-refractivity contribution < 1.29 is 14.6 Å². The third-order valence-corrected chi connectivity index (χ3v) is 3.34. The largest absolute Gasteiger partial charge is 0.478 e. The van der Waals surface area contributed by atoms with E-state index in [2.05, 4.69) is 15.6 Å². The van der Waals surface area contributed by atoms with Crippen LogP contribution >= 0.6 is 0 Å². The molecule has 1 fully saturated rings. The molecular weight excluding hydrogens is 260 g/mol. The third-order valence-electron chi connectivity index (χ3n) is 3.34. The monoisotopic (exact) mass is 280 g/mol. The summed E-state index contributed by atoms with van der Waals surface area (Å²) in [5.74, 6) is -0.657. The summed E-state index contributed by atoms with van der Waals surface area (Å²) in [4.78, 5) is 11.6. The normalized spacial score (nSPS) is 16.1. The number of ether oxygens (including phenoxy) is 1. The van der Waals surface area contributed by atoms with Gasteiger partial charge in [-0.25, -0.2) is 9.80 Å². The highest BCUT2D eigenvalue weighted by atomic mass is 16.5. The van der Waals surface area contributed by atoms with Crippen LogP contribution in [-0.4, -0.2) is 52.6 Å². The Morgan fingerprint density at radius 3 is 2.55 bits per heavy atom. The molecule has 20 heavy (non-hydrogen) atoms. The van der Waals surface area contributed by atoms with Gasteiger partial charge < -0.3 is 15.3 Å². The lowest BCUT2D eigenvalue weighted by atomic mass is 10.0. The number of hydrogen-bond donors (Lipinski definition) is 2. The Bertz CT molecular complexity index is 487. The lowest BCUT2D eigenvalue weighted by Crippen LogP contribution is -2.41. The molecule has 1 aromatic heterocycles. The van der Waals surface area contributed by atoms with Gasteiger partial charge >= 0.3 is 5.97 Å². The lowest BCUT2D eigenvalue weighted by Gasteiger charge is -2.28. The van der Waals surface area contributed by atoms with Crippen LogP contribution < -0.4 is 5.43 Å². The first kappa shape index (κ1) is 14.7. The number of nitrogens with zero attached hydrogens (tertiary/aromatic N) is 3. The lowest BCUT2D eigenvalue weighted by molar-refractivity contribution is 0.0492. The highest BCUT2D eigenvalue weighted by Gasteiger charge is 2.22. The molecule has 0 radical (unpaired) electrons. The molecular formula is C13H20N4O3. The molecule has 2 heterocycles. The molecule has 2 rings (SSSR count). The fraction of sp³-hybridized carbons (Fsp3) is 0.615. The van der Waals surface area contributed by atoms with Crippen molar-refractivity contribution in [3.8, 4) is 0 Å². The summed E-state index contributed by atoms with van der Waals surface area (Å²) >= 11 is 0. The Hall–Kier alpha value is -1.73. The Labute approximate surface area is 117 Å². The number of morpholine rings is 1. The number of aromatic carboxylic acids is 1. The summed E-state index contributed by atoms with van der Waals surface area (Å²) in [6.07, 6.45) is 1.30. The smallest absolute Gasteiger partial charge is 0.339 e. The maximum absolute atomic E-state index is 11.6. The first-order valence-corrected chi connectivity index (χ1v) is 6.88. The topological polar surface area (TPSA) is 87.6 Å². The van der Waals surface area contributed by atoms with Crippen molar-refractivity contribution in [2.45, 2.75) is 26.7 Å². The summed E-state index contributed by atoms with van der Waals surface area (Å²) in [6.45, 7) is 6.51. The van der Waals surface area contributed by atoms with E-state index in [1.54, 1.807) is 0 Å². The van der Waals surface area contributed by atoms with Crippen LogP contribution in [0.25, 0.3) is 0 Å². The van der Waals surface area contributed by atoms with Gasteiger partial charge in [-0.3, -0.25) is 0 Å². The maximum atomic E-state index is 11.6. The molecule has 0 unspecified atom stereocenters. The Kier molecular flexibility index (Phi) is 4.86. The zero-order valence-corrected chi connectivity index (χ0v) is 11.8. The van der Waals surface area contributed by atoms with Crippen LogP contribution in [0.5, 0.6) is 0 Å². The number of carbonyl (C=O) groups is 1. The first-order valence-electron chi connectivity index (χ1n) is 6.88. The second-order valence-corrected chi connectivity index (χ2v) is 4.57. The summed E-state index contributed by atoms with van der Waals surface area (Å²) in [7, 11) is 0. The number of carboxylic acid groups (broad SMARTS) is 1. The molecule has 1 saturated heterocycles. The van der Waals surface area contributed by atoms with Crippen molar-refractivity contribution in [2.24, 2.45) is 0 Å². The Balaban J connectivity index is 2.33. The summed E-state index contributed by atoms with van der Waals surface area (Å²) < 4.78 is 5.26. The maximum Gasteiger partial charge on any atom is 0.339 e. The number of nitrogens with one attached hydrogen (secondary N) is 1. The van der Waals surface area contributed by atoms with E-state index >= 15 is 0 Å². The molecule has 0 amide bonds. The van der Waals surface area contributed by atoms with Crippen molar-refractivity contribution in [3.63, 3.8) is 0 Å². The molecule has 0 saturated carbocycles. The molecule has 0 aliphatic carbocycles. The predicted molar refractivity (Wildman–Crippen MR) is 73.8 cm³/mol. The molecule has 0 atom stereocenters. The van der Waals surface area contributed by atoms with Crippen LogP contribution in [0.4, 0.5) is 5.82 Å². The van der Waals surface area contributed by atoms with Crippen molar-refractivity contribution in [1.29, 1.82) is 0 Å². The zero-order chi connectivity index (χ0) is 14.5. The standard InChI is InChI=1S/C13H20N4O3/c1-3-9-10(4-2)14-15-12(11(9)13(18)19)16-17-5-7-20-8-6-17/h3-8H2,1-2H3,(H,15,16)(H,18,19). The minimum absolute atomic E-state index is 0.228. The van der Waals surface area contributed by atoms with Gasteiger partial charge in [0.2, 0.25) is 0 Å². The molecule has 110 valence electrons. The van der Waals surface area contributed by atoms with Crippen LogP contribution in [-0.2, 0) is 17.6 Å². The average Bonchev–Trinajstić information content (AvgIpc) is 2.47. The molecule has 1 aliphatic rings. The van der Waals surface area contributed by atoms with Gasteiger partial charge in [0.1, 0.15) is 5.56 Å². The van der Waals surface area contributed by atoms with Crippen LogP contribution in [0, 0.1) is 0 Å². The molecule has 0 bridgehead atoms. The van der Waals surface area contributed by atoms with Crippen molar-refractivity contribution >= 4 is 11.8 Å². The van der Waals surface area contributed by atoms with E-state index in [0.29, 0.717) is 45.0 Å². The fourth-order valence-electron chi connectivity index (χ4n) is 2.31. The van der Waals surface area contributed by atoms with Crippen molar-refractivity contribution in [2.75, 3.05) is 31.7 Å². The number of hydrazine groups is 1. The zero-order valence-electron chi connectivity index (χ0n) is 11.8. The number of aromatic nitrogens is 2. The highest BCUT2D eigenvalue weighted by Crippen LogP contribution is 2.21. The van der Waals surface area contributed by atoms with E-state index in [4.69, 9.17) is 4.74 Å². The minimum atomic E-state index is -0.970. The number of anilines is 1. The van der Waals surface area contributed by atoms with Gasteiger partial charge in [-0.05, 0) is 18.4 Å². The third kappa shape index (κ3) is 3.05. The molecule has 1 aliphatic heterocycles. The average molecular weight is 280 g/mol. The second-order valence-electron chi connectivity index (χ2n) is 4.57. The molecule has 0 aromatic carbocycles. The molecule has 1 aromatic rings. The van der Waals surface area contributed by atoms with Crippen LogP contribution in [0.2, 0.25) is 0 Å². The predicted octanol–water partition coefficient (Wildman–Crippen LogP) is 0.959. The molecule has 7 nitrogen and oxygen atoms in total. The van der Waals surface area contributed by atoms with Gasteiger partial charge in [0.05, 0.1) is 18.9 Å². The van der Waals surface area contributed by atoms with E-state index in [9.17, 15) is 9.90 Å². The van der Waals surface area contributed by atoms with Crippen molar-refractivity contribution in [3.05, 3.63) is 16.8 Å². The van der Waals surface area contributed by atoms with E-state index in [-0.39, 0.29) is 5.56 Å². The quantitative estimate of drug-likeness (QED) is 0.830. The second kappa shape index (κ2) is 6.62. The molecule has 7 heteroatoms. The number of aryl methyl sites for hydroxylation is 1. The number of hydrogen-bond acceptors (Lipinski definition) is 6. The summed E-state index contributed by atoms with van der Waals surface area (Å²) in [5.41, 5.74) is 4.79. The van der Waals surface area contributed by atoms with Gasteiger partial charge in [0, 0.05) is 13.1 Å². The first-order chi connectivity index (χ1) is 9.67. The van der Waals surface area contributed by atoms with Crippen LogP contribution in [0.1, 0.15) is 35.5 Å². The van der Waals surface area contributed by atoms with E-state index in [1.807, 2.05) is 18.9 Å². The van der Waals surface area contributed by atoms with Gasteiger partial charge in [-0.2, -0.15) is 5.10 Å². The van der Waals surface area contributed by atoms with E-state index in [0.717, 1.165) is 11.3 Å². The molecule has 0 spiro atoms. The van der Waals surface area contributed by atoms with Gasteiger partial charge in [0.25, 0.3) is 0 Å². The van der Waals surface area contributed by atoms with Crippen molar-refractivity contribution in [1.82, 2.24) is 15.2 Å². The minimum Gasteiger partial charge on any atom is -0.478 e. The van der Waals surface area contributed by atoms with Gasteiger partial charge in [-0.15, -0.1) is 5.10 Å². The van der Waals surface area contributed by atoms with Crippen LogP contribution in [0.3, 0.4) is 0 Å². The number of rotatable bonds is 5. The Morgan fingerprint density at radius 2 is 2.00 bits per heavy atom. The van der Waals surface area contributed by atoms with Crippen LogP contribution in [0.15, 0.2) is 0 Å². The van der Waals surface area contributed by atoms with Gasteiger partial charge in [-0.1, -0.05) is 13.8 Å². The summed E-state index contributed by atoms with van der Waals surface area (Å²) in [5, 5.41) is 19.6. The SMILES string of the molecule is CCc1nnc(NN2CCOCC2)c(C(=O)O)c1CC. The molecule has 2 N–H and O–H groups in total.